The van der Waals surface area contributed by atoms with E-state index in [0.717, 1.165) is 10.5 Å². The minimum Gasteiger partial charge on any atom is -0.478 e. The molecule has 1 N–H and O–H groups in total. The molecule has 0 aliphatic heterocycles. The van der Waals surface area contributed by atoms with E-state index in [4.69, 9.17) is 10.4 Å². The van der Waals surface area contributed by atoms with Gasteiger partial charge in [0.15, 0.2) is 0 Å². The Hall–Kier alpha value is -1.60. The minimum atomic E-state index is -1.12. The summed E-state index contributed by atoms with van der Waals surface area (Å²) in [7, 11) is 0. The highest BCUT2D eigenvalue weighted by Gasteiger charge is 2.02. The summed E-state index contributed by atoms with van der Waals surface area (Å²) in [5, 5.41) is 17.2. The van der Waals surface area contributed by atoms with Crippen LogP contribution in [0.15, 0.2) is 34.8 Å². The maximum absolute atomic E-state index is 10.4. The quantitative estimate of drug-likeness (QED) is 0.649. The van der Waals surface area contributed by atoms with Crippen LogP contribution in [0.1, 0.15) is 5.56 Å². The van der Waals surface area contributed by atoms with Gasteiger partial charge in [-0.2, -0.15) is 5.26 Å². The molecule has 0 radical (unpaired) electrons. The number of aliphatic carboxylic acids is 1. The Morgan fingerprint density at radius 3 is 2.79 bits per heavy atom. The van der Waals surface area contributed by atoms with Crippen LogP contribution in [0, 0.1) is 11.3 Å². The molecular formula is C10H6BrNO2. The molecule has 0 aliphatic rings. The molecule has 4 heteroatoms. The lowest BCUT2D eigenvalue weighted by Crippen LogP contribution is -1.90. The molecule has 0 heterocycles. The molecule has 0 aliphatic carbocycles. The van der Waals surface area contributed by atoms with E-state index in [0.29, 0.717) is 5.56 Å². The molecule has 3 nitrogen and oxygen atoms in total. The van der Waals surface area contributed by atoms with E-state index in [1.165, 1.54) is 0 Å². The molecule has 0 amide bonds. The first kappa shape index (κ1) is 10.5. The van der Waals surface area contributed by atoms with E-state index < -0.39 is 5.97 Å². The van der Waals surface area contributed by atoms with Crippen LogP contribution in [0.5, 0.6) is 0 Å². The second-order valence-electron chi connectivity index (χ2n) is 2.52. The zero-order valence-corrected chi connectivity index (χ0v) is 8.65. The van der Waals surface area contributed by atoms with Gasteiger partial charge >= 0.3 is 5.97 Å². The van der Waals surface area contributed by atoms with Crippen molar-refractivity contribution in [2.24, 2.45) is 0 Å². The third kappa shape index (κ3) is 2.71. The molecule has 0 saturated heterocycles. The van der Waals surface area contributed by atoms with Gasteiger partial charge in [-0.05, 0) is 17.7 Å². The number of carboxylic acids is 1. The van der Waals surface area contributed by atoms with E-state index in [-0.39, 0.29) is 5.57 Å². The summed E-state index contributed by atoms with van der Waals surface area (Å²) in [6.45, 7) is 0. The fraction of sp³-hybridized carbons (Fsp3) is 0. The average Bonchev–Trinajstić information content (AvgIpc) is 2.14. The van der Waals surface area contributed by atoms with E-state index in [2.05, 4.69) is 15.9 Å². The lowest BCUT2D eigenvalue weighted by Gasteiger charge is -1.97. The monoisotopic (exact) mass is 251 g/mol. The Labute approximate surface area is 89.4 Å². The molecule has 0 fully saturated rings. The van der Waals surface area contributed by atoms with Crippen molar-refractivity contribution in [1.82, 2.24) is 0 Å². The highest BCUT2D eigenvalue weighted by Crippen LogP contribution is 2.18. The topological polar surface area (TPSA) is 61.1 Å². The van der Waals surface area contributed by atoms with Gasteiger partial charge in [0.05, 0.1) is 5.57 Å². The van der Waals surface area contributed by atoms with Crippen LogP contribution in [0.2, 0.25) is 0 Å². The third-order valence-electron chi connectivity index (χ3n) is 1.52. The molecule has 1 aromatic rings. The maximum Gasteiger partial charge on any atom is 0.329 e. The highest BCUT2D eigenvalue weighted by atomic mass is 79.9. The summed E-state index contributed by atoms with van der Waals surface area (Å²) in [6, 6.07) is 8.76. The van der Waals surface area contributed by atoms with Gasteiger partial charge in [0.2, 0.25) is 0 Å². The summed E-state index contributed by atoms with van der Waals surface area (Å²) in [4.78, 5) is 10.4. The fourth-order valence-corrected chi connectivity index (χ4v) is 1.36. The lowest BCUT2D eigenvalue weighted by atomic mass is 10.1. The number of rotatable bonds is 2. The predicted octanol–water partition coefficient (Wildman–Crippen LogP) is 2.44. The van der Waals surface area contributed by atoms with Crippen molar-refractivity contribution in [3.8, 4) is 6.07 Å². The van der Waals surface area contributed by atoms with Crippen LogP contribution >= 0.6 is 15.9 Å². The maximum atomic E-state index is 10.4. The Morgan fingerprint density at radius 2 is 2.29 bits per heavy atom. The second-order valence-corrected chi connectivity index (χ2v) is 3.43. The first-order valence-electron chi connectivity index (χ1n) is 3.74. The SMILES string of the molecule is N#C/C(=C\C(=O)O)c1cccc(Br)c1. The Morgan fingerprint density at radius 1 is 1.57 bits per heavy atom. The van der Waals surface area contributed by atoms with Crippen molar-refractivity contribution in [1.29, 1.82) is 5.26 Å². The molecule has 1 rings (SSSR count). The molecule has 0 unspecified atom stereocenters. The van der Waals surface area contributed by atoms with Gasteiger partial charge in [0.1, 0.15) is 6.07 Å². The third-order valence-corrected chi connectivity index (χ3v) is 2.02. The summed E-state index contributed by atoms with van der Waals surface area (Å²) < 4.78 is 0.807. The number of carboxylic acid groups (broad SMARTS) is 1. The minimum absolute atomic E-state index is 0.138. The van der Waals surface area contributed by atoms with E-state index in [1.807, 2.05) is 6.07 Å². The first-order chi connectivity index (χ1) is 6.63. The summed E-state index contributed by atoms with van der Waals surface area (Å²) >= 11 is 3.24. The highest BCUT2D eigenvalue weighted by molar-refractivity contribution is 9.10. The van der Waals surface area contributed by atoms with Gasteiger partial charge in [0.25, 0.3) is 0 Å². The molecule has 0 spiro atoms. The smallest absolute Gasteiger partial charge is 0.329 e. The molecule has 0 aromatic heterocycles. The van der Waals surface area contributed by atoms with Gasteiger partial charge < -0.3 is 5.11 Å². The number of nitriles is 1. The molecular weight excluding hydrogens is 246 g/mol. The predicted molar refractivity (Wildman–Crippen MR) is 55.4 cm³/mol. The molecule has 1 aromatic carbocycles. The Balaban J connectivity index is 3.15. The van der Waals surface area contributed by atoms with Crippen LogP contribution in [-0.4, -0.2) is 11.1 Å². The van der Waals surface area contributed by atoms with Gasteiger partial charge in [-0.3, -0.25) is 0 Å². The van der Waals surface area contributed by atoms with E-state index in [9.17, 15) is 4.79 Å². The van der Waals surface area contributed by atoms with Crippen molar-refractivity contribution < 1.29 is 9.90 Å². The molecule has 0 atom stereocenters. The van der Waals surface area contributed by atoms with Crippen molar-refractivity contribution in [2.45, 2.75) is 0 Å². The first-order valence-corrected chi connectivity index (χ1v) is 4.53. The lowest BCUT2D eigenvalue weighted by molar-refractivity contribution is -0.131. The summed E-state index contributed by atoms with van der Waals surface area (Å²) in [5.74, 6) is -1.12. The zero-order chi connectivity index (χ0) is 10.6. The number of allylic oxidation sites excluding steroid dienone is 1. The Kier molecular flexibility index (Phi) is 3.43. The van der Waals surface area contributed by atoms with Crippen LogP contribution in [-0.2, 0) is 4.79 Å². The molecule has 0 bridgehead atoms. The Bertz CT molecular complexity index is 432. The number of halogens is 1. The van der Waals surface area contributed by atoms with Crippen LogP contribution in [0.4, 0.5) is 0 Å². The normalized spacial score (nSPS) is 10.7. The summed E-state index contributed by atoms with van der Waals surface area (Å²) in [5.41, 5.74) is 0.725. The average molecular weight is 252 g/mol. The van der Waals surface area contributed by atoms with Gasteiger partial charge in [-0.25, -0.2) is 4.79 Å². The van der Waals surface area contributed by atoms with Gasteiger partial charge in [-0.1, -0.05) is 28.1 Å². The van der Waals surface area contributed by atoms with Crippen molar-refractivity contribution in [2.75, 3.05) is 0 Å². The van der Waals surface area contributed by atoms with Crippen LogP contribution < -0.4 is 0 Å². The van der Waals surface area contributed by atoms with Crippen LogP contribution in [0.25, 0.3) is 5.57 Å². The molecule has 14 heavy (non-hydrogen) atoms. The fourth-order valence-electron chi connectivity index (χ4n) is 0.960. The molecule has 0 saturated carbocycles. The molecule has 70 valence electrons. The van der Waals surface area contributed by atoms with E-state index in [1.54, 1.807) is 24.3 Å². The van der Waals surface area contributed by atoms with Crippen molar-refractivity contribution in [3.05, 3.63) is 40.4 Å². The van der Waals surface area contributed by atoms with E-state index >= 15 is 0 Å². The van der Waals surface area contributed by atoms with Crippen LogP contribution in [0.3, 0.4) is 0 Å². The zero-order valence-electron chi connectivity index (χ0n) is 7.07. The standard InChI is InChI=1S/C10H6BrNO2/c11-9-3-1-2-7(4-9)8(6-12)5-10(13)14/h1-5H,(H,13,14)/b8-5+. The van der Waals surface area contributed by atoms with Gasteiger partial charge in [0, 0.05) is 10.5 Å². The number of hydrogen-bond acceptors (Lipinski definition) is 2. The number of carbonyl (C=O) groups is 1. The second kappa shape index (κ2) is 4.58. The number of nitrogens with zero attached hydrogens (tertiary/aromatic N) is 1. The summed E-state index contributed by atoms with van der Waals surface area (Å²) in [6.07, 6.45) is 0.891. The van der Waals surface area contributed by atoms with Crippen molar-refractivity contribution in [3.63, 3.8) is 0 Å². The van der Waals surface area contributed by atoms with Crippen molar-refractivity contribution >= 4 is 27.5 Å². The largest absolute Gasteiger partial charge is 0.478 e. The van der Waals surface area contributed by atoms with Gasteiger partial charge in [-0.15, -0.1) is 0 Å². The number of benzene rings is 1. The number of hydrogen-bond donors (Lipinski definition) is 1.